The fourth-order valence-corrected chi connectivity index (χ4v) is 2.87. The highest BCUT2D eigenvalue weighted by Crippen LogP contribution is 2.20. The molecule has 0 aromatic heterocycles. The molecule has 3 N–H and O–H groups in total. The molecule has 3 aliphatic rings. The van der Waals surface area contributed by atoms with Gasteiger partial charge in [0.25, 0.3) is 0 Å². The van der Waals surface area contributed by atoms with E-state index in [4.69, 9.17) is 10.6 Å². The summed E-state index contributed by atoms with van der Waals surface area (Å²) < 4.78 is 5.09. The number of nitrogens with zero attached hydrogens (tertiary/aromatic N) is 2. The van der Waals surface area contributed by atoms with Crippen molar-refractivity contribution in [1.82, 2.24) is 15.2 Å². The quantitative estimate of drug-likeness (QED) is 0.356. The van der Waals surface area contributed by atoms with Gasteiger partial charge in [-0.3, -0.25) is 21.1 Å². The molecule has 0 aromatic carbocycles. The van der Waals surface area contributed by atoms with Crippen molar-refractivity contribution in [3.63, 3.8) is 0 Å². The minimum Gasteiger partial charge on any atom is -0.385 e. The summed E-state index contributed by atoms with van der Waals surface area (Å²) in [4.78, 5) is 5.13. The van der Waals surface area contributed by atoms with Gasteiger partial charge in [-0.05, 0) is 12.8 Å². The Morgan fingerprint density at radius 1 is 1.38 bits per heavy atom. The van der Waals surface area contributed by atoms with Crippen LogP contribution in [0.25, 0.3) is 0 Å². The summed E-state index contributed by atoms with van der Waals surface area (Å²) in [6.07, 6.45) is 2.18. The molecule has 3 heterocycles. The summed E-state index contributed by atoms with van der Waals surface area (Å²) in [7, 11) is 1.75. The maximum absolute atomic E-state index is 5.68. The molecule has 3 fully saturated rings. The van der Waals surface area contributed by atoms with Gasteiger partial charge >= 0.3 is 0 Å². The molecule has 2 atom stereocenters. The molecule has 0 saturated carbocycles. The van der Waals surface area contributed by atoms with Gasteiger partial charge in [0, 0.05) is 58.5 Å². The number of fused-ring (bicyclic) bond motifs is 3. The molecular weight excluding hydrogens is 204 g/mol. The number of hydrogen-bond donors (Lipinski definition) is 2. The molecule has 94 valence electrons. The van der Waals surface area contributed by atoms with Gasteiger partial charge in [-0.15, -0.1) is 0 Å². The average molecular weight is 228 g/mol. The molecule has 3 saturated heterocycles. The third-order valence-corrected chi connectivity index (χ3v) is 3.86. The van der Waals surface area contributed by atoms with E-state index in [1.807, 2.05) is 0 Å². The fourth-order valence-electron chi connectivity index (χ4n) is 2.87. The number of nitrogens with one attached hydrogen (secondary N) is 1. The number of methoxy groups -OCH3 is 1. The van der Waals surface area contributed by atoms with Gasteiger partial charge in [-0.1, -0.05) is 0 Å². The van der Waals surface area contributed by atoms with Gasteiger partial charge < -0.3 is 4.74 Å². The number of nitrogens with two attached hydrogens (primary N) is 1. The molecule has 3 rings (SSSR count). The zero-order valence-electron chi connectivity index (χ0n) is 10.2. The summed E-state index contributed by atoms with van der Waals surface area (Å²) in [6.45, 7) is 6.86. The summed E-state index contributed by atoms with van der Waals surface area (Å²) in [6, 6.07) is 0.989. The average Bonchev–Trinajstić information content (AvgIpc) is 2.36. The Morgan fingerprint density at radius 2 is 2.12 bits per heavy atom. The van der Waals surface area contributed by atoms with Crippen molar-refractivity contribution in [3.8, 4) is 0 Å². The lowest BCUT2D eigenvalue weighted by Crippen LogP contribution is -2.67. The molecule has 5 heteroatoms. The Hall–Kier alpha value is -0.200. The van der Waals surface area contributed by atoms with Gasteiger partial charge in [0.15, 0.2) is 0 Å². The molecule has 16 heavy (non-hydrogen) atoms. The van der Waals surface area contributed by atoms with Crippen LogP contribution < -0.4 is 11.3 Å². The largest absolute Gasteiger partial charge is 0.385 e. The van der Waals surface area contributed by atoms with E-state index in [1.165, 1.54) is 32.7 Å². The second-order valence-corrected chi connectivity index (χ2v) is 4.81. The van der Waals surface area contributed by atoms with E-state index >= 15 is 0 Å². The second-order valence-electron chi connectivity index (χ2n) is 4.81. The highest BCUT2D eigenvalue weighted by Gasteiger charge is 2.35. The van der Waals surface area contributed by atoms with E-state index in [1.54, 1.807) is 7.11 Å². The Labute approximate surface area is 97.9 Å². The monoisotopic (exact) mass is 228 g/mol. The highest BCUT2D eigenvalue weighted by molar-refractivity contribution is 4.94. The van der Waals surface area contributed by atoms with E-state index in [9.17, 15) is 0 Å². The molecule has 0 aliphatic carbocycles. The molecule has 2 bridgehead atoms. The first-order chi connectivity index (χ1) is 7.85. The van der Waals surface area contributed by atoms with Crippen molar-refractivity contribution in [3.05, 3.63) is 0 Å². The minimum atomic E-state index is 0.401. The molecule has 5 nitrogen and oxygen atoms in total. The molecule has 2 unspecified atom stereocenters. The number of hydrogen-bond acceptors (Lipinski definition) is 5. The first-order valence-electron chi connectivity index (χ1n) is 6.26. The first kappa shape index (κ1) is 12.3. The molecule has 0 spiro atoms. The summed E-state index contributed by atoms with van der Waals surface area (Å²) in [5, 5.41) is 0. The summed E-state index contributed by atoms with van der Waals surface area (Å²) in [5.74, 6) is 5.68. The van der Waals surface area contributed by atoms with Crippen molar-refractivity contribution in [1.29, 1.82) is 0 Å². The normalized spacial score (nSPS) is 35.2. The Kier molecular flexibility index (Phi) is 4.55. The van der Waals surface area contributed by atoms with Crippen molar-refractivity contribution < 1.29 is 4.74 Å². The third kappa shape index (κ3) is 2.73. The Morgan fingerprint density at radius 3 is 2.62 bits per heavy atom. The standard InChI is InChI=1S/C11H24N4O/c1-16-8-2-3-10(13-12)11-9-14-4-6-15(11)7-5-14/h10-11,13H,2-9,12H2,1H3. The zero-order chi connectivity index (χ0) is 11.4. The van der Waals surface area contributed by atoms with Gasteiger partial charge in [-0.25, -0.2) is 0 Å². The third-order valence-electron chi connectivity index (χ3n) is 3.86. The predicted octanol–water partition coefficient (Wildman–Crippen LogP) is -0.755. The maximum Gasteiger partial charge on any atom is 0.0462 e. The fraction of sp³-hybridized carbons (Fsp3) is 1.00. The molecule has 3 aliphatic heterocycles. The lowest BCUT2D eigenvalue weighted by atomic mass is 9.97. The Bertz CT molecular complexity index is 206. The smallest absolute Gasteiger partial charge is 0.0462 e. The van der Waals surface area contributed by atoms with Crippen LogP contribution in [0.2, 0.25) is 0 Å². The Balaban J connectivity index is 1.83. The summed E-state index contributed by atoms with van der Waals surface area (Å²) >= 11 is 0. The number of rotatable bonds is 6. The van der Waals surface area contributed by atoms with Crippen LogP contribution in [0, 0.1) is 0 Å². The van der Waals surface area contributed by atoms with E-state index in [0.29, 0.717) is 12.1 Å². The van der Waals surface area contributed by atoms with Crippen LogP contribution in [0.3, 0.4) is 0 Å². The van der Waals surface area contributed by atoms with Crippen LogP contribution in [-0.4, -0.2) is 68.3 Å². The molecular formula is C11H24N4O. The van der Waals surface area contributed by atoms with E-state index in [-0.39, 0.29) is 0 Å². The van der Waals surface area contributed by atoms with Crippen LogP contribution in [-0.2, 0) is 4.74 Å². The highest BCUT2D eigenvalue weighted by atomic mass is 16.5. The zero-order valence-corrected chi connectivity index (χ0v) is 10.2. The van der Waals surface area contributed by atoms with Crippen molar-refractivity contribution >= 4 is 0 Å². The van der Waals surface area contributed by atoms with Crippen LogP contribution in [0.1, 0.15) is 12.8 Å². The van der Waals surface area contributed by atoms with E-state index in [0.717, 1.165) is 19.4 Å². The van der Waals surface area contributed by atoms with Gasteiger partial charge in [0.1, 0.15) is 0 Å². The minimum absolute atomic E-state index is 0.401. The molecule has 0 radical (unpaired) electrons. The number of piperazine rings is 3. The van der Waals surface area contributed by atoms with Crippen molar-refractivity contribution in [2.24, 2.45) is 5.84 Å². The maximum atomic E-state index is 5.68. The number of hydrazine groups is 1. The van der Waals surface area contributed by atoms with Gasteiger partial charge in [0.05, 0.1) is 0 Å². The lowest BCUT2D eigenvalue weighted by Gasteiger charge is -2.50. The topological polar surface area (TPSA) is 53.8 Å². The van der Waals surface area contributed by atoms with E-state index < -0.39 is 0 Å². The second kappa shape index (κ2) is 5.93. The van der Waals surface area contributed by atoms with Crippen molar-refractivity contribution in [2.75, 3.05) is 46.4 Å². The molecule has 0 amide bonds. The molecule has 0 aromatic rings. The van der Waals surface area contributed by atoms with Gasteiger partial charge in [0.2, 0.25) is 0 Å². The van der Waals surface area contributed by atoms with Crippen LogP contribution in [0.5, 0.6) is 0 Å². The lowest BCUT2D eigenvalue weighted by molar-refractivity contribution is -0.00561. The van der Waals surface area contributed by atoms with Crippen molar-refractivity contribution in [2.45, 2.75) is 24.9 Å². The number of ether oxygens (including phenoxy) is 1. The van der Waals surface area contributed by atoms with Crippen LogP contribution >= 0.6 is 0 Å². The van der Waals surface area contributed by atoms with E-state index in [2.05, 4.69) is 15.2 Å². The predicted molar refractivity (Wildman–Crippen MR) is 64.0 cm³/mol. The summed E-state index contributed by atoms with van der Waals surface area (Å²) in [5.41, 5.74) is 2.99. The van der Waals surface area contributed by atoms with Gasteiger partial charge in [-0.2, -0.15) is 0 Å². The van der Waals surface area contributed by atoms with Crippen LogP contribution in [0.15, 0.2) is 0 Å². The first-order valence-corrected chi connectivity index (χ1v) is 6.26. The van der Waals surface area contributed by atoms with Crippen LogP contribution in [0.4, 0.5) is 0 Å². The SMILES string of the molecule is COCCCC(NN)C1CN2CCN1CC2.